The third-order valence-electron chi connectivity index (χ3n) is 16.6. The Labute approximate surface area is 555 Å². The number of carbonyl (C=O) groups excluding carboxylic acids is 5. The fraction of sp³-hybridized carbons (Fsp3) is 0.0417. The Morgan fingerprint density at radius 2 is 1.05 bits per heavy atom. The number of hydrogen-bond donors (Lipinski definition) is 3. The van der Waals surface area contributed by atoms with Gasteiger partial charge in [0.1, 0.15) is 34.9 Å². The molecular formula is C72H42B2Cl4N8O8. The van der Waals surface area contributed by atoms with Gasteiger partial charge in [0.15, 0.2) is 6.23 Å². The van der Waals surface area contributed by atoms with Gasteiger partial charge in [0.2, 0.25) is 0 Å². The molecule has 14 rings (SSSR count). The molecule has 452 valence electrons. The third kappa shape index (κ3) is 10.6. The molecule has 3 N–H and O–H groups in total. The Morgan fingerprint density at radius 3 is 1.64 bits per heavy atom. The average Bonchev–Trinajstić information content (AvgIpc) is 1.53. The first-order chi connectivity index (χ1) is 45.5. The van der Waals surface area contributed by atoms with Crippen LogP contribution < -0.4 is 41.7 Å². The number of carbonyl (C=O) groups is 5. The average molecular weight is 1310 g/mol. The van der Waals surface area contributed by atoms with Gasteiger partial charge in [-0.1, -0.05) is 150 Å². The molecule has 22 heteroatoms. The Balaban J connectivity index is 1.11. The van der Waals surface area contributed by atoms with E-state index in [-0.39, 0.29) is 66.2 Å². The summed E-state index contributed by atoms with van der Waals surface area (Å²) in [5.74, 6) is -3.07. The van der Waals surface area contributed by atoms with Crippen LogP contribution in [-0.4, -0.2) is 67.4 Å². The largest absolute Gasteiger partial charge is 0.423 e. The molecule has 0 bridgehead atoms. The summed E-state index contributed by atoms with van der Waals surface area (Å²) in [7, 11) is 0. The van der Waals surface area contributed by atoms with Crippen LogP contribution in [0.25, 0.3) is 66.2 Å². The number of nitrogens with zero attached hydrogens (tertiary/aromatic N) is 6. The van der Waals surface area contributed by atoms with Crippen molar-refractivity contribution in [2.24, 2.45) is 0 Å². The smallest absolute Gasteiger partial charge is 0.343 e. The molecule has 0 spiro atoms. The number of nitrogens with one attached hydrogen (secondary N) is 2. The topological polar surface area (TPSA) is 231 Å². The fourth-order valence-electron chi connectivity index (χ4n) is 12.4. The van der Waals surface area contributed by atoms with E-state index in [1.807, 2.05) is 97.0 Å². The number of halogens is 4. The van der Waals surface area contributed by atoms with Crippen LogP contribution in [0.3, 0.4) is 0 Å². The van der Waals surface area contributed by atoms with Gasteiger partial charge in [0.05, 0.1) is 75.8 Å². The van der Waals surface area contributed by atoms with Crippen LogP contribution in [0.2, 0.25) is 33.7 Å². The molecule has 3 aromatic heterocycles. The summed E-state index contributed by atoms with van der Waals surface area (Å²) in [6.07, 6.45) is 0.278. The second kappa shape index (κ2) is 24.2. The molecule has 0 aliphatic carbocycles. The van der Waals surface area contributed by atoms with Gasteiger partial charge < -0.3 is 28.9 Å². The zero-order valence-corrected chi connectivity index (χ0v) is 52.2. The molecular weight excluding hydrogens is 1270 g/mol. The van der Waals surface area contributed by atoms with Crippen molar-refractivity contribution in [3.05, 3.63) is 270 Å². The zero-order chi connectivity index (χ0) is 65.4. The first-order valence-corrected chi connectivity index (χ1v) is 30.7. The van der Waals surface area contributed by atoms with Crippen LogP contribution in [0.4, 0.5) is 0 Å². The van der Waals surface area contributed by atoms with Crippen molar-refractivity contribution in [1.29, 1.82) is 10.5 Å². The summed E-state index contributed by atoms with van der Waals surface area (Å²) in [5.41, 5.74) is 6.08. The van der Waals surface area contributed by atoms with Gasteiger partial charge in [-0.25, -0.2) is 14.6 Å². The van der Waals surface area contributed by atoms with Crippen molar-refractivity contribution in [2.75, 3.05) is 0 Å². The molecule has 1 atom stereocenters. The molecule has 0 saturated heterocycles. The molecule has 9 aromatic carbocycles. The minimum atomic E-state index is -1.22. The quantitative estimate of drug-likeness (QED) is 0.0449. The molecule has 94 heavy (non-hydrogen) atoms. The summed E-state index contributed by atoms with van der Waals surface area (Å²) in [6.45, 7) is 2.67. The molecule has 16 nitrogen and oxygen atoms in total. The second-order valence-electron chi connectivity index (χ2n) is 22.6. The first-order valence-electron chi connectivity index (χ1n) is 29.2. The predicted octanol–water partition coefficient (Wildman–Crippen LogP) is 11.7. The van der Waals surface area contributed by atoms with Crippen molar-refractivity contribution in [2.45, 2.75) is 19.9 Å². The van der Waals surface area contributed by atoms with E-state index in [1.54, 1.807) is 72.8 Å². The summed E-state index contributed by atoms with van der Waals surface area (Å²) in [4.78, 5) is 75.6. The van der Waals surface area contributed by atoms with E-state index in [4.69, 9.17) is 65.8 Å². The summed E-state index contributed by atoms with van der Waals surface area (Å²) in [6, 6.07) is 59.0. The van der Waals surface area contributed by atoms with Gasteiger partial charge in [-0.3, -0.25) is 24.7 Å². The van der Waals surface area contributed by atoms with Crippen LogP contribution in [0.1, 0.15) is 74.8 Å². The molecule has 0 saturated carbocycles. The maximum atomic E-state index is 14.0. The lowest BCUT2D eigenvalue weighted by Gasteiger charge is -2.23. The number of fused-ring (bicyclic) bond motifs is 5. The van der Waals surface area contributed by atoms with Gasteiger partial charge in [-0.15, -0.1) is 0 Å². The Morgan fingerprint density at radius 1 is 0.543 bits per heavy atom. The molecule has 1 unspecified atom stereocenters. The zero-order valence-electron chi connectivity index (χ0n) is 49.2. The van der Waals surface area contributed by atoms with Crippen molar-refractivity contribution in [3.63, 3.8) is 0 Å². The number of esters is 2. The SMILES string of the molecule is CB(C)n1c(-c2ccc(OC(=O)c3ccc4c(c3)C(=O)NC4O)cc2)c2/c(=C(\C#N)c3ccc4cc(Cl)c(Cl)cc4c3)n(B(c3ccccc3)c3ccccc3)c(-c3ccc(OC(=O)c4ccc5c(c4)C(=O)NC5=O)cc3)c2/c1=C(\C#N)c1cnc2cc(Cl)c(Cl)cc2n1. The van der Waals surface area contributed by atoms with E-state index in [2.05, 4.69) is 27.3 Å². The molecule has 2 aliphatic heterocycles. The van der Waals surface area contributed by atoms with E-state index >= 15 is 0 Å². The van der Waals surface area contributed by atoms with Gasteiger partial charge in [-0.05, 0) is 137 Å². The highest BCUT2D eigenvalue weighted by atomic mass is 35.5. The number of rotatable bonds is 12. The maximum absolute atomic E-state index is 14.0. The molecule has 12 aromatic rings. The Bertz CT molecular complexity index is 5480. The number of nitriles is 2. The van der Waals surface area contributed by atoms with E-state index in [0.29, 0.717) is 81.6 Å². The van der Waals surface area contributed by atoms with Gasteiger partial charge in [0, 0.05) is 33.3 Å². The third-order valence-corrected chi connectivity index (χ3v) is 18.1. The highest BCUT2D eigenvalue weighted by molar-refractivity contribution is 6.84. The number of hydrogen-bond acceptors (Lipinski definition) is 12. The lowest BCUT2D eigenvalue weighted by Crippen LogP contribution is -2.53. The number of aromatic nitrogens is 4. The van der Waals surface area contributed by atoms with E-state index in [0.717, 1.165) is 16.3 Å². The minimum absolute atomic E-state index is 0.0243. The number of ether oxygens (including phenoxy) is 2. The van der Waals surface area contributed by atoms with Crippen molar-refractivity contribution < 1.29 is 38.6 Å². The highest BCUT2D eigenvalue weighted by Gasteiger charge is 2.36. The van der Waals surface area contributed by atoms with E-state index in [9.17, 15) is 39.6 Å². The van der Waals surface area contributed by atoms with Gasteiger partial charge >= 0.3 is 18.8 Å². The van der Waals surface area contributed by atoms with E-state index < -0.39 is 49.6 Å². The molecule has 2 aliphatic rings. The second-order valence-corrected chi connectivity index (χ2v) is 24.2. The number of amides is 3. The fourth-order valence-corrected chi connectivity index (χ4v) is 13.1. The van der Waals surface area contributed by atoms with Crippen LogP contribution in [0, 0.1) is 22.7 Å². The van der Waals surface area contributed by atoms with Crippen molar-refractivity contribution in [3.8, 4) is 46.2 Å². The molecule has 3 amide bonds. The van der Waals surface area contributed by atoms with Crippen molar-refractivity contribution in [1.82, 2.24) is 29.6 Å². The number of benzene rings is 9. The number of aliphatic hydroxyl groups is 1. The predicted molar refractivity (Wildman–Crippen MR) is 363 cm³/mol. The Hall–Kier alpha value is -11.1. The van der Waals surface area contributed by atoms with Crippen LogP contribution in [-0.2, 0) is 0 Å². The van der Waals surface area contributed by atoms with Crippen molar-refractivity contribution >= 4 is 144 Å². The van der Waals surface area contributed by atoms with Gasteiger partial charge in [0.25, 0.3) is 24.6 Å². The highest BCUT2D eigenvalue weighted by Crippen LogP contribution is 2.39. The summed E-state index contributed by atoms with van der Waals surface area (Å²) in [5, 5.41) is 43.6. The number of aliphatic hydroxyl groups excluding tert-OH is 1. The minimum Gasteiger partial charge on any atom is -0.423 e. The lowest BCUT2D eigenvalue weighted by atomic mass is 9.50. The van der Waals surface area contributed by atoms with E-state index in [1.165, 1.54) is 42.6 Å². The molecule has 0 fully saturated rings. The summed E-state index contributed by atoms with van der Waals surface area (Å²) >= 11 is 26.5. The monoisotopic (exact) mass is 1310 g/mol. The maximum Gasteiger partial charge on any atom is 0.343 e. The first kappa shape index (κ1) is 60.5. The molecule has 0 radical (unpaired) electrons. The van der Waals surface area contributed by atoms with Gasteiger partial charge in [-0.2, -0.15) is 10.5 Å². The standard InChI is InChI=1S/C72H42B2Cl4N8O8/c1-73(2)85-63(37-15-21-46(22-16-37)93-71(91)41-19-25-48-50(28-41)69(89)83-67(48)87)61-62(66(85)53(35-80)60-36-81-58-32-56(77)57(78)33-59(58)82-60)64(38-17-23-47(24-18-38)94-72(92)42-20-26-49-51(29-42)70(90)84-68(49)88)86(74(44-9-5-3-6-10-44)45-11-7-4-8-12-45)65(61)52(34-79)40-14-13-39-30-54(75)55(76)31-43(39)27-40/h3-33,36,67,87H,1-2H3,(H,83,89)(H,84,88,90)/b65-52-,66-53-. The lowest BCUT2D eigenvalue weighted by molar-refractivity contribution is 0.0725. The Kier molecular flexibility index (Phi) is 15.6. The normalized spacial score (nSPS) is 13.8. The summed E-state index contributed by atoms with van der Waals surface area (Å²) < 4.78 is 16.1. The van der Waals surface area contributed by atoms with Crippen LogP contribution in [0.15, 0.2) is 194 Å². The number of imide groups is 1. The van der Waals surface area contributed by atoms with Crippen LogP contribution in [0.5, 0.6) is 11.5 Å². The van der Waals surface area contributed by atoms with Crippen LogP contribution >= 0.6 is 46.4 Å². The molecule has 5 heterocycles.